The molecule has 0 saturated heterocycles. The van der Waals surface area contributed by atoms with E-state index in [1.54, 1.807) is 17.0 Å². The standard InChI is InChI=1S/C24H30N4O5.ClH/c1-7-33-17-10-14-11-28(22(25)19(14)27-20(17)23(31)26-5)12-16(29)13-8-15(24(2,3)4)21(30)18(9-13)32-6;/h8-10,25,30H,7,11-12H2,1-6H3,(H,26,31);1H. The maximum Gasteiger partial charge on any atom is 0.273 e. The SMILES string of the molecule is CCOc1cc2c(nc1C(=O)NC)C(=N)N(CC(=O)c1cc(OC)c(O)c(C(C)(C)C)c1)C2.Cl. The van der Waals surface area contributed by atoms with Crippen LogP contribution in [0.15, 0.2) is 18.2 Å². The molecule has 0 atom stereocenters. The average Bonchev–Trinajstić information content (AvgIpc) is 3.06. The molecule has 0 radical (unpaired) electrons. The van der Waals surface area contributed by atoms with E-state index in [0.717, 1.165) is 0 Å². The van der Waals surface area contributed by atoms with Crippen LogP contribution >= 0.6 is 12.4 Å². The summed E-state index contributed by atoms with van der Waals surface area (Å²) in [6, 6.07) is 4.88. The first-order valence-corrected chi connectivity index (χ1v) is 10.7. The Morgan fingerprint density at radius 3 is 2.47 bits per heavy atom. The Bertz CT molecular complexity index is 1130. The number of Topliss-reactive ketones (excluding diaryl/α,β-unsaturated/α-hetero) is 1. The van der Waals surface area contributed by atoms with Crippen molar-refractivity contribution in [3.05, 3.63) is 46.3 Å². The molecule has 1 aromatic carbocycles. The Morgan fingerprint density at radius 1 is 1.24 bits per heavy atom. The second kappa shape index (κ2) is 10.3. The normalized spacial score (nSPS) is 12.6. The minimum atomic E-state index is -0.408. The van der Waals surface area contributed by atoms with Gasteiger partial charge in [0.25, 0.3) is 5.91 Å². The van der Waals surface area contributed by atoms with Crippen molar-refractivity contribution in [1.29, 1.82) is 5.41 Å². The lowest BCUT2D eigenvalue weighted by Gasteiger charge is -2.23. The molecule has 1 amide bonds. The highest BCUT2D eigenvalue weighted by Crippen LogP contribution is 2.39. The van der Waals surface area contributed by atoms with Crippen molar-refractivity contribution in [3.8, 4) is 17.2 Å². The molecule has 0 unspecified atom stereocenters. The maximum atomic E-state index is 13.2. The number of ether oxygens (including phenoxy) is 2. The van der Waals surface area contributed by atoms with E-state index in [0.29, 0.717) is 41.3 Å². The number of carbonyl (C=O) groups excluding carboxylic acids is 2. The molecule has 10 heteroatoms. The number of pyridine rings is 1. The first kappa shape index (κ1) is 26.9. The van der Waals surface area contributed by atoms with Crippen LogP contribution in [0.1, 0.15) is 65.4 Å². The molecule has 3 N–H and O–H groups in total. The zero-order chi connectivity index (χ0) is 24.5. The molecule has 9 nitrogen and oxygen atoms in total. The van der Waals surface area contributed by atoms with Gasteiger partial charge >= 0.3 is 0 Å². The van der Waals surface area contributed by atoms with E-state index in [9.17, 15) is 14.7 Å². The highest BCUT2D eigenvalue weighted by atomic mass is 35.5. The summed E-state index contributed by atoms with van der Waals surface area (Å²) in [6.07, 6.45) is 0. The van der Waals surface area contributed by atoms with E-state index in [-0.39, 0.29) is 47.8 Å². The molecule has 3 rings (SSSR count). The number of amides is 1. The number of rotatable bonds is 7. The summed E-state index contributed by atoms with van der Waals surface area (Å²) in [4.78, 5) is 31.4. The second-order valence-corrected chi connectivity index (χ2v) is 8.81. The third-order valence-electron chi connectivity index (χ3n) is 5.47. The number of carbonyl (C=O) groups is 2. The van der Waals surface area contributed by atoms with Gasteiger partial charge in [-0.15, -0.1) is 12.4 Å². The van der Waals surface area contributed by atoms with Crippen LogP contribution in [0.2, 0.25) is 0 Å². The van der Waals surface area contributed by atoms with Gasteiger partial charge in [0.05, 0.1) is 20.3 Å². The third kappa shape index (κ3) is 5.09. The van der Waals surface area contributed by atoms with E-state index in [4.69, 9.17) is 14.9 Å². The molecule has 184 valence electrons. The molecule has 0 aliphatic carbocycles. The molecule has 0 fully saturated rings. The van der Waals surface area contributed by atoms with Crippen molar-refractivity contribution < 1.29 is 24.2 Å². The van der Waals surface area contributed by atoms with E-state index in [1.807, 2.05) is 27.7 Å². The summed E-state index contributed by atoms with van der Waals surface area (Å²) in [7, 11) is 2.94. The van der Waals surface area contributed by atoms with E-state index in [1.165, 1.54) is 20.2 Å². The van der Waals surface area contributed by atoms with Gasteiger partial charge in [-0.3, -0.25) is 15.0 Å². The number of ketones is 1. The molecule has 0 spiro atoms. The van der Waals surface area contributed by atoms with E-state index >= 15 is 0 Å². The number of phenolic OH excluding ortho intramolecular Hbond substituents is 1. The van der Waals surface area contributed by atoms with Crippen LogP contribution < -0.4 is 14.8 Å². The van der Waals surface area contributed by atoms with Crippen LogP contribution in [0, 0.1) is 5.41 Å². The van der Waals surface area contributed by atoms with Crippen LogP contribution in [0.5, 0.6) is 17.2 Å². The fraction of sp³-hybridized carbons (Fsp3) is 0.417. The van der Waals surface area contributed by atoms with Crippen LogP contribution in [0.4, 0.5) is 0 Å². The van der Waals surface area contributed by atoms with Gasteiger partial charge in [-0.05, 0) is 30.5 Å². The molecule has 1 aromatic heterocycles. The first-order valence-electron chi connectivity index (χ1n) is 10.7. The van der Waals surface area contributed by atoms with Gasteiger partial charge in [-0.25, -0.2) is 4.98 Å². The van der Waals surface area contributed by atoms with Crippen LogP contribution in [-0.2, 0) is 12.0 Å². The Labute approximate surface area is 205 Å². The van der Waals surface area contributed by atoms with Crippen molar-refractivity contribution >= 4 is 29.9 Å². The maximum absolute atomic E-state index is 13.2. The molecule has 2 heterocycles. The fourth-order valence-electron chi connectivity index (χ4n) is 3.74. The minimum absolute atomic E-state index is 0. The Hall–Kier alpha value is -3.33. The van der Waals surface area contributed by atoms with Gasteiger partial charge < -0.3 is 24.8 Å². The molecule has 0 bridgehead atoms. The predicted octanol–water partition coefficient (Wildman–Crippen LogP) is 3.30. The summed E-state index contributed by atoms with van der Waals surface area (Å²) < 4.78 is 10.8. The van der Waals surface area contributed by atoms with E-state index in [2.05, 4.69) is 10.3 Å². The van der Waals surface area contributed by atoms with Gasteiger partial charge in [-0.1, -0.05) is 20.8 Å². The van der Waals surface area contributed by atoms with E-state index < -0.39 is 11.3 Å². The summed E-state index contributed by atoms with van der Waals surface area (Å²) >= 11 is 0. The quantitative estimate of drug-likeness (QED) is 0.508. The highest BCUT2D eigenvalue weighted by molar-refractivity contribution is 6.05. The number of halogens is 1. The van der Waals surface area contributed by atoms with Crippen LogP contribution in [0.25, 0.3) is 0 Å². The Kier molecular flexibility index (Phi) is 8.15. The van der Waals surface area contributed by atoms with Crippen molar-refractivity contribution in [2.24, 2.45) is 0 Å². The monoisotopic (exact) mass is 490 g/mol. The Morgan fingerprint density at radius 2 is 1.91 bits per heavy atom. The number of aromatic nitrogens is 1. The zero-order valence-electron chi connectivity index (χ0n) is 20.2. The molecule has 1 aliphatic heterocycles. The molecular weight excluding hydrogens is 460 g/mol. The molecule has 0 saturated carbocycles. The number of aromatic hydroxyl groups is 1. The number of phenols is 1. The number of hydrogen-bond donors (Lipinski definition) is 3. The van der Waals surface area contributed by atoms with Crippen LogP contribution in [0.3, 0.4) is 0 Å². The lowest BCUT2D eigenvalue weighted by molar-refractivity contribution is 0.0949. The van der Waals surface area contributed by atoms with Crippen molar-refractivity contribution in [3.63, 3.8) is 0 Å². The smallest absolute Gasteiger partial charge is 0.273 e. The number of methoxy groups -OCH3 is 1. The molecular formula is C24H31ClN4O5. The number of fused-ring (bicyclic) bond motifs is 1. The topological polar surface area (TPSA) is 125 Å². The number of nitrogens with one attached hydrogen (secondary N) is 2. The summed E-state index contributed by atoms with van der Waals surface area (Å²) in [5.41, 5.74) is 1.75. The second-order valence-electron chi connectivity index (χ2n) is 8.81. The van der Waals surface area contributed by atoms with Crippen molar-refractivity contribution in [1.82, 2.24) is 15.2 Å². The highest BCUT2D eigenvalue weighted by Gasteiger charge is 2.31. The van der Waals surface area contributed by atoms with Gasteiger partial charge in [0.15, 0.2) is 28.7 Å². The Balaban J connectivity index is 0.00000408. The minimum Gasteiger partial charge on any atom is -0.504 e. The van der Waals surface area contributed by atoms with Gasteiger partial charge in [0, 0.05) is 30.3 Å². The van der Waals surface area contributed by atoms with Gasteiger partial charge in [0.2, 0.25) is 0 Å². The third-order valence-corrected chi connectivity index (χ3v) is 5.47. The number of nitrogens with zero attached hydrogens (tertiary/aromatic N) is 2. The molecule has 1 aliphatic rings. The summed E-state index contributed by atoms with van der Waals surface area (Å²) in [5, 5.41) is 21.6. The summed E-state index contributed by atoms with van der Waals surface area (Å²) in [6.45, 7) is 8.22. The average molecular weight is 491 g/mol. The largest absolute Gasteiger partial charge is 0.504 e. The molecule has 2 aromatic rings. The zero-order valence-corrected chi connectivity index (χ0v) is 21.1. The number of hydrogen-bond acceptors (Lipinski definition) is 7. The lowest BCUT2D eigenvalue weighted by Crippen LogP contribution is -2.31. The van der Waals surface area contributed by atoms with Gasteiger partial charge in [0.1, 0.15) is 11.5 Å². The number of benzene rings is 1. The predicted molar refractivity (Wildman–Crippen MR) is 131 cm³/mol. The fourth-order valence-corrected chi connectivity index (χ4v) is 3.74. The lowest BCUT2D eigenvalue weighted by atomic mass is 9.84. The summed E-state index contributed by atoms with van der Waals surface area (Å²) in [5.74, 6) is 0.00597. The van der Waals surface area contributed by atoms with Crippen LogP contribution in [-0.4, -0.2) is 59.8 Å². The van der Waals surface area contributed by atoms with Gasteiger partial charge in [-0.2, -0.15) is 0 Å². The van der Waals surface area contributed by atoms with Crippen molar-refractivity contribution in [2.45, 2.75) is 39.7 Å². The number of amidine groups is 1. The van der Waals surface area contributed by atoms with Crippen molar-refractivity contribution in [2.75, 3.05) is 27.3 Å². The molecule has 34 heavy (non-hydrogen) atoms. The first-order chi connectivity index (χ1) is 15.5.